The molecule has 2 heterocycles. The molecule has 1 aromatic heterocycles. The van der Waals surface area contributed by atoms with Crippen LogP contribution < -0.4 is 16.0 Å². The Labute approximate surface area is 165 Å². The van der Waals surface area contributed by atoms with Crippen molar-refractivity contribution in [2.75, 3.05) is 25.0 Å². The molecule has 0 spiro atoms. The van der Waals surface area contributed by atoms with E-state index in [9.17, 15) is 14.4 Å². The summed E-state index contributed by atoms with van der Waals surface area (Å²) >= 11 is 0. The highest BCUT2D eigenvalue weighted by Gasteiger charge is 2.31. The van der Waals surface area contributed by atoms with E-state index in [1.807, 2.05) is 11.0 Å². The molecule has 1 saturated carbocycles. The van der Waals surface area contributed by atoms with Gasteiger partial charge in [-0.3, -0.25) is 19.5 Å². The fourth-order valence-corrected chi connectivity index (χ4v) is 3.93. The largest absolute Gasteiger partial charge is 0.337 e. The van der Waals surface area contributed by atoms with Gasteiger partial charge in [-0.15, -0.1) is 0 Å². The molecule has 0 aromatic carbocycles. The molecule has 3 amide bonds. The first kappa shape index (κ1) is 20.3. The van der Waals surface area contributed by atoms with Crippen molar-refractivity contribution in [3.8, 4) is 0 Å². The lowest BCUT2D eigenvalue weighted by Gasteiger charge is -2.23. The third-order valence-electron chi connectivity index (χ3n) is 5.38. The van der Waals surface area contributed by atoms with Gasteiger partial charge < -0.3 is 16.0 Å². The van der Waals surface area contributed by atoms with Crippen molar-refractivity contribution >= 4 is 23.4 Å². The Bertz CT molecular complexity index is 718. The quantitative estimate of drug-likeness (QED) is 0.689. The minimum atomic E-state index is -0.205. The normalized spacial score (nSPS) is 20.8. The second kappa shape index (κ2) is 9.64. The van der Waals surface area contributed by atoms with Crippen molar-refractivity contribution in [3.63, 3.8) is 0 Å². The first-order valence-electron chi connectivity index (χ1n) is 10.0. The van der Waals surface area contributed by atoms with Gasteiger partial charge >= 0.3 is 6.03 Å². The fourth-order valence-electron chi connectivity index (χ4n) is 3.93. The Morgan fingerprint density at radius 2 is 2.04 bits per heavy atom. The minimum Gasteiger partial charge on any atom is -0.337 e. The maximum Gasteiger partial charge on any atom is 0.315 e. The molecule has 1 aliphatic heterocycles. The second-order valence-corrected chi connectivity index (χ2v) is 7.74. The minimum absolute atomic E-state index is 0.132. The highest BCUT2D eigenvalue weighted by Crippen LogP contribution is 2.20. The molecule has 8 nitrogen and oxygen atoms in total. The number of likely N-dealkylation sites (tertiary alicyclic amines) is 1. The standard InChI is InChI=1S/C20H29N5O3/c1-14(26)23-18-10-21-8-7-15(18)11-25-12-16(19(27)13-25)9-22-20(28)24-17-5-3-2-4-6-17/h7-8,10,16-17H,2-6,9,11-13H2,1H3,(H,23,26)(H2,22,24,28). The Morgan fingerprint density at radius 1 is 1.25 bits per heavy atom. The number of carbonyl (C=O) groups excluding carboxylic acids is 3. The lowest BCUT2D eigenvalue weighted by atomic mass is 9.96. The van der Waals surface area contributed by atoms with E-state index >= 15 is 0 Å². The third-order valence-corrected chi connectivity index (χ3v) is 5.38. The van der Waals surface area contributed by atoms with Crippen LogP contribution in [0.25, 0.3) is 0 Å². The molecule has 1 saturated heterocycles. The number of Topliss-reactive ketones (excluding diaryl/α,β-unsaturated/α-hetero) is 1. The number of amides is 3. The van der Waals surface area contributed by atoms with Crippen LogP contribution in [-0.4, -0.2) is 53.3 Å². The number of anilines is 1. The predicted octanol–water partition coefficient (Wildman–Crippen LogP) is 1.67. The summed E-state index contributed by atoms with van der Waals surface area (Å²) in [5.41, 5.74) is 1.58. The van der Waals surface area contributed by atoms with Crippen LogP contribution in [0.3, 0.4) is 0 Å². The van der Waals surface area contributed by atoms with E-state index in [0.29, 0.717) is 31.9 Å². The highest BCUT2D eigenvalue weighted by molar-refractivity contribution is 5.89. The summed E-state index contributed by atoms with van der Waals surface area (Å²) in [5.74, 6) is -0.228. The fraction of sp³-hybridized carbons (Fsp3) is 0.600. The maximum absolute atomic E-state index is 12.3. The number of pyridine rings is 1. The van der Waals surface area contributed by atoms with Gasteiger partial charge in [-0.05, 0) is 24.5 Å². The SMILES string of the molecule is CC(=O)Nc1cnccc1CN1CC(=O)C(CNC(=O)NC2CCCCC2)C1. The van der Waals surface area contributed by atoms with E-state index in [2.05, 4.69) is 20.9 Å². The van der Waals surface area contributed by atoms with Gasteiger partial charge in [0, 0.05) is 44.7 Å². The van der Waals surface area contributed by atoms with Crippen LogP contribution in [0.4, 0.5) is 10.5 Å². The smallest absolute Gasteiger partial charge is 0.315 e. The maximum atomic E-state index is 12.3. The molecule has 1 unspecified atom stereocenters. The van der Waals surface area contributed by atoms with Gasteiger partial charge in [0.2, 0.25) is 5.91 Å². The summed E-state index contributed by atoms with van der Waals surface area (Å²) in [6.07, 6.45) is 8.93. The number of nitrogens with zero attached hydrogens (tertiary/aromatic N) is 2. The highest BCUT2D eigenvalue weighted by atomic mass is 16.2. The van der Waals surface area contributed by atoms with Gasteiger partial charge in [-0.2, -0.15) is 0 Å². The average molecular weight is 387 g/mol. The molecule has 28 heavy (non-hydrogen) atoms. The molecule has 1 aliphatic carbocycles. The number of hydrogen-bond donors (Lipinski definition) is 3. The number of nitrogens with one attached hydrogen (secondary N) is 3. The van der Waals surface area contributed by atoms with Crippen molar-refractivity contribution in [3.05, 3.63) is 24.0 Å². The molecular weight excluding hydrogens is 358 g/mol. The van der Waals surface area contributed by atoms with Crippen LogP contribution in [0.15, 0.2) is 18.5 Å². The van der Waals surface area contributed by atoms with E-state index in [1.54, 1.807) is 12.4 Å². The molecule has 2 fully saturated rings. The van der Waals surface area contributed by atoms with E-state index in [0.717, 1.165) is 31.2 Å². The lowest BCUT2D eigenvalue weighted by Crippen LogP contribution is -2.45. The van der Waals surface area contributed by atoms with E-state index in [1.165, 1.54) is 13.3 Å². The van der Waals surface area contributed by atoms with Gasteiger partial charge in [0.15, 0.2) is 5.78 Å². The Kier molecular flexibility index (Phi) is 6.97. The average Bonchev–Trinajstić information content (AvgIpc) is 3.01. The summed E-state index contributed by atoms with van der Waals surface area (Å²) in [4.78, 5) is 41.9. The van der Waals surface area contributed by atoms with Gasteiger partial charge in [0.25, 0.3) is 0 Å². The van der Waals surface area contributed by atoms with Crippen LogP contribution in [-0.2, 0) is 16.1 Å². The number of hydrogen-bond acceptors (Lipinski definition) is 5. The summed E-state index contributed by atoms with van der Waals surface area (Å²) in [5, 5.41) is 8.64. The second-order valence-electron chi connectivity index (χ2n) is 7.74. The Morgan fingerprint density at radius 3 is 2.79 bits per heavy atom. The molecule has 0 bridgehead atoms. The van der Waals surface area contributed by atoms with Crippen LogP contribution in [0.5, 0.6) is 0 Å². The molecule has 1 atom stereocenters. The Hall–Kier alpha value is -2.48. The zero-order chi connectivity index (χ0) is 19.9. The summed E-state index contributed by atoms with van der Waals surface area (Å²) in [6, 6.07) is 1.92. The molecule has 2 aliphatic rings. The molecule has 3 rings (SSSR count). The predicted molar refractivity (Wildman–Crippen MR) is 106 cm³/mol. The summed E-state index contributed by atoms with van der Waals surface area (Å²) in [6.45, 7) is 3.29. The summed E-state index contributed by atoms with van der Waals surface area (Å²) < 4.78 is 0. The molecule has 3 N–H and O–H groups in total. The van der Waals surface area contributed by atoms with Gasteiger partial charge in [-0.25, -0.2) is 4.79 Å². The molecule has 8 heteroatoms. The van der Waals surface area contributed by atoms with E-state index < -0.39 is 0 Å². The monoisotopic (exact) mass is 387 g/mol. The number of urea groups is 1. The first-order valence-corrected chi connectivity index (χ1v) is 10.0. The van der Waals surface area contributed by atoms with Gasteiger partial charge in [-0.1, -0.05) is 19.3 Å². The zero-order valence-electron chi connectivity index (χ0n) is 16.4. The number of aromatic nitrogens is 1. The van der Waals surface area contributed by atoms with Gasteiger partial charge in [0.05, 0.1) is 18.4 Å². The van der Waals surface area contributed by atoms with Crippen molar-refractivity contribution in [1.82, 2.24) is 20.5 Å². The molecule has 152 valence electrons. The summed E-state index contributed by atoms with van der Waals surface area (Å²) in [7, 11) is 0. The van der Waals surface area contributed by atoms with Crippen LogP contribution in [0.1, 0.15) is 44.6 Å². The van der Waals surface area contributed by atoms with Crippen molar-refractivity contribution in [2.45, 2.75) is 51.6 Å². The molecule has 0 radical (unpaired) electrons. The number of ketones is 1. The van der Waals surface area contributed by atoms with Crippen molar-refractivity contribution in [1.29, 1.82) is 0 Å². The third kappa shape index (κ3) is 5.76. The topological polar surface area (TPSA) is 103 Å². The first-order chi connectivity index (χ1) is 13.5. The lowest BCUT2D eigenvalue weighted by molar-refractivity contribution is -0.119. The van der Waals surface area contributed by atoms with Crippen LogP contribution >= 0.6 is 0 Å². The van der Waals surface area contributed by atoms with Crippen molar-refractivity contribution in [2.24, 2.45) is 5.92 Å². The van der Waals surface area contributed by atoms with Crippen molar-refractivity contribution < 1.29 is 14.4 Å². The Balaban J connectivity index is 1.47. The van der Waals surface area contributed by atoms with Crippen LogP contribution in [0, 0.1) is 5.92 Å². The molecule has 1 aromatic rings. The van der Waals surface area contributed by atoms with Crippen LogP contribution in [0.2, 0.25) is 0 Å². The molecular formula is C20H29N5O3. The number of carbonyl (C=O) groups is 3. The zero-order valence-corrected chi connectivity index (χ0v) is 16.4. The van der Waals surface area contributed by atoms with Gasteiger partial charge in [0.1, 0.15) is 0 Å². The van der Waals surface area contributed by atoms with E-state index in [-0.39, 0.29) is 29.7 Å². The number of rotatable bonds is 6. The van der Waals surface area contributed by atoms with E-state index in [4.69, 9.17) is 0 Å².